The van der Waals surface area contributed by atoms with Gasteiger partial charge in [0.25, 0.3) is 0 Å². The summed E-state index contributed by atoms with van der Waals surface area (Å²) in [6.07, 6.45) is 2.39. The highest BCUT2D eigenvalue weighted by Gasteiger charge is 1.96. The molecule has 0 aliphatic heterocycles. The van der Waals surface area contributed by atoms with E-state index in [0.717, 1.165) is 19.4 Å². The molecule has 0 spiro atoms. The quantitative estimate of drug-likeness (QED) is 0.410. The lowest BCUT2D eigenvalue weighted by Crippen LogP contribution is -2.15. The molecular weight excluding hydrogens is 114 g/mol. The van der Waals surface area contributed by atoms with Gasteiger partial charge in [0.05, 0.1) is 6.10 Å². The second-order valence-electron chi connectivity index (χ2n) is 2.18. The highest BCUT2D eigenvalue weighted by atomic mass is 16.7. The van der Waals surface area contributed by atoms with Gasteiger partial charge in [-0.25, -0.2) is 0 Å². The zero-order valence-electron chi connectivity index (χ0n) is 6.55. The van der Waals surface area contributed by atoms with Gasteiger partial charge in [0.1, 0.15) is 0 Å². The van der Waals surface area contributed by atoms with Crippen molar-refractivity contribution in [3.05, 3.63) is 0 Å². The van der Waals surface area contributed by atoms with Gasteiger partial charge in [-0.3, -0.25) is 4.84 Å². The van der Waals surface area contributed by atoms with E-state index in [-0.39, 0.29) is 6.10 Å². The fraction of sp³-hybridized carbons (Fsp3) is 1.00. The van der Waals surface area contributed by atoms with Crippen molar-refractivity contribution < 1.29 is 4.84 Å². The van der Waals surface area contributed by atoms with Crippen molar-refractivity contribution in [2.24, 2.45) is 0 Å². The molecule has 1 radical (unpaired) electrons. The molecule has 1 unspecified atom stereocenters. The van der Waals surface area contributed by atoms with E-state index >= 15 is 0 Å². The molecule has 2 heteroatoms. The molecule has 0 aromatic carbocycles. The highest BCUT2D eigenvalue weighted by molar-refractivity contribution is 4.40. The number of hydroxylamine groups is 1. The summed E-state index contributed by atoms with van der Waals surface area (Å²) in [5.74, 6) is 0. The van der Waals surface area contributed by atoms with Gasteiger partial charge in [-0.15, -0.1) is 0 Å². The lowest BCUT2D eigenvalue weighted by molar-refractivity contribution is -0.0231. The van der Waals surface area contributed by atoms with Crippen LogP contribution in [-0.2, 0) is 4.84 Å². The first-order valence-electron chi connectivity index (χ1n) is 3.63. The fourth-order valence-corrected chi connectivity index (χ4v) is 0.346. The first-order valence-corrected chi connectivity index (χ1v) is 3.63. The van der Waals surface area contributed by atoms with Crippen LogP contribution in [0.1, 0.15) is 33.6 Å². The Hall–Kier alpha value is -0.0800. The van der Waals surface area contributed by atoms with Crippen molar-refractivity contribution >= 4 is 0 Å². The average molecular weight is 130 g/mol. The van der Waals surface area contributed by atoms with Crippen LogP contribution >= 0.6 is 0 Å². The SMILES string of the molecule is CCC[N]OC(C)CC. The summed E-state index contributed by atoms with van der Waals surface area (Å²) in [4.78, 5) is 5.06. The minimum absolute atomic E-state index is 0.288. The molecule has 0 N–H and O–H groups in total. The number of rotatable bonds is 5. The van der Waals surface area contributed by atoms with Crippen molar-refractivity contribution in [1.82, 2.24) is 5.48 Å². The zero-order valence-corrected chi connectivity index (χ0v) is 6.55. The monoisotopic (exact) mass is 130 g/mol. The van der Waals surface area contributed by atoms with Gasteiger partial charge < -0.3 is 0 Å². The molecule has 9 heavy (non-hydrogen) atoms. The largest absolute Gasteiger partial charge is 0.279 e. The Labute approximate surface area is 57.5 Å². The Bertz CT molecular complexity index is 56.9. The molecule has 0 bridgehead atoms. The average Bonchev–Trinajstić information content (AvgIpc) is 1.89. The normalized spacial score (nSPS) is 13.7. The molecule has 0 aliphatic rings. The van der Waals surface area contributed by atoms with Crippen LogP contribution in [0.25, 0.3) is 0 Å². The highest BCUT2D eigenvalue weighted by Crippen LogP contribution is 1.92. The van der Waals surface area contributed by atoms with Crippen LogP contribution in [0, 0.1) is 0 Å². The second-order valence-corrected chi connectivity index (χ2v) is 2.18. The van der Waals surface area contributed by atoms with E-state index in [0.29, 0.717) is 0 Å². The lowest BCUT2D eigenvalue weighted by Gasteiger charge is -2.06. The summed E-state index contributed by atoms with van der Waals surface area (Å²) in [6, 6.07) is 0. The van der Waals surface area contributed by atoms with Gasteiger partial charge in [-0.2, -0.15) is 0 Å². The molecule has 2 nitrogen and oxygen atoms in total. The van der Waals surface area contributed by atoms with Crippen molar-refractivity contribution in [1.29, 1.82) is 0 Å². The molecule has 0 amide bonds. The van der Waals surface area contributed by atoms with Crippen LogP contribution in [0.4, 0.5) is 0 Å². The summed E-state index contributed by atoms with van der Waals surface area (Å²) < 4.78 is 0. The molecule has 0 heterocycles. The summed E-state index contributed by atoms with van der Waals surface area (Å²) in [5.41, 5.74) is 3.86. The van der Waals surface area contributed by atoms with Gasteiger partial charge in [-0.1, -0.05) is 19.3 Å². The topological polar surface area (TPSA) is 23.3 Å². The van der Waals surface area contributed by atoms with Crippen LogP contribution in [0.5, 0.6) is 0 Å². The first-order chi connectivity index (χ1) is 4.31. The van der Waals surface area contributed by atoms with Crippen molar-refractivity contribution in [3.8, 4) is 0 Å². The van der Waals surface area contributed by atoms with E-state index in [9.17, 15) is 0 Å². The van der Waals surface area contributed by atoms with Gasteiger partial charge in [0.2, 0.25) is 0 Å². The third-order valence-electron chi connectivity index (χ3n) is 1.14. The smallest absolute Gasteiger partial charge is 0.0780 e. The molecule has 0 aliphatic carbocycles. The molecule has 0 fully saturated rings. The minimum atomic E-state index is 0.288. The van der Waals surface area contributed by atoms with Crippen LogP contribution in [0.2, 0.25) is 0 Å². The predicted octanol–water partition coefficient (Wildman–Crippen LogP) is 1.73. The summed E-state index contributed by atoms with van der Waals surface area (Å²) in [7, 11) is 0. The van der Waals surface area contributed by atoms with E-state index in [1.165, 1.54) is 0 Å². The molecule has 1 atom stereocenters. The van der Waals surface area contributed by atoms with Crippen LogP contribution in [-0.4, -0.2) is 12.6 Å². The molecule has 0 rings (SSSR count). The summed E-state index contributed by atoms with van der Waals surface area (Å²) in [6.45, 7) is 7.03. The standard InChI is InChI=1S/C7H16NO/c1-4-6-8-9-7(3)5-2/h7H,4-6H2,1-3H3. The zero-order chi connectivity index (χ0) is 7.11. The summed E-state index contributed by atoms with van der Waals surface area (Å²) >= 11 is 0. The van der Waals surface area contributed by atoms with Crippen molar-refractivity contribution in [2.75, 3.05) is 6.54 Å². The Kier molecular flexibility index (Phi) is 5.99. The van der Waals surface area contributed by atoms with Gasteiger partial charge in [0, 0.05) is 6.54 Å². The van der Waals surface area contributed by atoms with Crippen molar-refractivity contribution in [3.63, 3.8) is 0 Å². The van der Waals surface area contributed by atoms with E-state index in [4.69, 9.17) is 4.84 Å². The fourth-order valence-electron chi connectivity index (χ4n) is 0.346. The van der Waals surface area contributed by atoms with Gasteiger partial charge in [0.15, 0.2) is 0 Å². The first kappa shape index (κ1) is 8.92. The number of hydrogen-bond donors (Lipinski definition) is 0. The maximum absolute atomic E-state index is 5.06. The van der Waals surface area contributed by atoms with E-state index in [1.54, 1.807) is 0 Å². The van der Waals surface area contributed by atoms with Gasteiger partial charge in [-0.05, 0) is 19.8 Å². The molecule has 0 saturated heterocycles. The minimum Gasteiger partial charge on any atom is -0.279 e. The maximum Gasteiger partial charge on any atom is 0.0780 e. The Morgan fingerprint density at radius 3 is 2.56 bits per heavy atom. The van der Waals surface area contributed by atoms with E-state index in [2.05, 4.69) is 19.3 Å². The number of hydrogen-bond acceptors (Lipinski definition) is 1. The molecular formula is C7H16NO. The van der Waals surface area contributed by atoms with Crippen LogP contribution in [0.15, 0.2) is 0 Å². The Morgan fingerprint density at radius 1 is 1.44 bits per heavy atom. The molecule has 55 valence electrons. The summed E-state index contributed by atoms with van der Waals surface area (Å²) in [5, 5.41) is 0. The predicted molar refractivity (Wildman–Crippen MR) is 38.1 cm³/mol. The number of nitrogens with zero attached hydrogens (tertiary/aromatic N) is 1. The Morgan fingerprint density at radius 2 is 2.11 bits per heavy atom. The maximum atomic E-state index is 5.06. The third kappa shape index (κ3) is 5.80. The lowest BCUT2D eigenvalue weighted by atomic mass is 10.3. The Balaban J connectivity index is 2.88. The molecule has 0 saturated carbocycles. The van der Waals surface area contributed by atoms with Gasteiger partial charge >= 0.3 is 0 Å². The van der Waals surface area contributed by atoms with Crippen LogP contribution in [0.3, 0.4) is 0 Å². The molecule has 0 aromatic heterocycles. The van der Waals surface area contributed by atoms with Crippen LogP contribution < -0.4 is 5.48 Å². The third-order valence-corrected chi connectivity index (χ3v) is 1.14. The second kappa shape index (κ2) is 6.05. The van der Waals surface area contributed by atoms with Crippen molar-refractivity contribution in [2.45, 2.75) is 39.7 Å². The van der Waals surface area contributed by atoms with E-state index < -0.39 is 0 Å². The molecule has 0 aromatic rings. The van der Waals surface area contributed by atoms with E-state index in [1.807, 2.05) is 6.92 Å².